The fourth-order valence-electron chi connectivity index (χ4n) is 1.97. The van der Waals surface area contributed by atoms with Crippen LogP contribution in [0, 0.1) is 6.92 Å². The molecule has 0 amide bonds. The van der Waals surface area contributed by atoms with Crippen molar-refractivity contribution < 1.29 is 4.74 Å². The fraction of sp³-hybridized carbons (Fsp3) is 0.733. The van der Waals surface area contributed by atoms with Crippen LogP contribution in [0.25, 0.3) is 0 Å². The standard InChI is InChI=1S/C15H27N3O/c1-4-5-6-7-8-9-10-19-12-15-17-13(2)11-14(16-3)18-15/h11H,4-10,12H2,1-3H3,(H,16,17,18). The lowest BCUT2D eigenvalue weighted by molar-refractivity contribution is 0.111. The largest absolute Gasteiger partial charge is 0.373 e. The molecule has 0 radical (unpaired) electrons. The van der Waals surface area contributed by atoms with Crippen LogP contribution < -0.4 is 5.32 Å². The second kappa shape index (κ2) is 9.73. The molecule has 1 heterocycles. The lowest BCUT2D eigenvalue weighted by Crippen LogP contribution is -2.04. The molecule has 0 bridgehead atoms. The van der Waals surface area contributed by atoms with Crippen molar-refractivity contribution in [3.63, 3.8) is 0 Å². The summed E-state index contributed by atoms with van der Waals surface area (Å²) in [7, 11) is 1.86. The quantitative estimate of drug-likeness (QED) is 0.655. The number of hydrogen-bond acceptors (Lipinski definition) is 4. The molecule has 0 spiro atoms. The second-order valence-electron chi connectivity index (χ2n) is 4.88. The predicted molar refractivity (Wildman–Crippen MR) is 79.3 cm³/mol. The van der Waals surface area contributed by atoms with Crippen LogP contribution in [0.3, 0.4) is 0 Å². The zero-order valence-electron chi connectivity index (χ0n) is 12.5. The molecule has 19 heavy (non-hydrogen) atoms. The first-order valence-corrected chi connectivity index (χ1v) is 7.36. The molecule has 1 N–H and O–H groups in total. The summed E-state index contributed by atoms with van der Waals surface area (Å²) in [6, 6.07) is 1.93. The van der Waals surface area contributed by atoms with Crippen molar-refractivity contribution in [3.8, 4) is 0 Å². The van der Waals surface area contributed by atoms with Gasteiger partial charge in [-0.25, -0.2) is 9.97 Å². The first kappa shape index (κ1) is 15.9. The molecule has 0 saturated carbocycles. The topological polar surface area (TPSA) is 47.0 Å². The zero-order valence-corrected chi connectivity index (χ0v) is 12.5. The van der Waals surface area contributed by atoms with Gasteiger partial charge in [0.15, 0.2) is 5.82 Å². The molecule has 4 nitrogen and oxygen atoms in total. The minimum Gasteiger partial charge on any atom is -0.373 e. The van der Waals surface area contributed by atoms with Gasteiger partial charge in [-0.3, -0.25) is 0 Å². The number of hydrogen-bond donors (Lipinski definition) is 1. The van der Waals surface area contributed by atoms with Crippen LogP contribution >= 0.6 is 0 Å². The molecule has 0 aliphatic carbocycles. The zero-order chi connectivity index (χ0) is 13.9. The van der Waals surface area contributed by atoms with Crippen LogP contribution in [0.2, 0.25) is 0 Å². The molecule has 1 aromatic rings. The van der Waals surface area contributed by atoms with Gasteiger partial charge in [-0.1, -0.05) is 39.0 Å². The number of nitrogens with zero attached hydrogens (tertiary/aromatic N) is 2. The first-order valence-electron chi connectivity index (χ1n) is 7.36. The van der Waals surface area contributed by atoms with Gasteiger partial charge < -0.3 is 10.1 Å². The summed E-state index contributed by atoms with van der Waals surface area (Å²) in [6.45, 7) is 5.52. The van der Waals surface area contributed by atoms with Gasteiger partial charge in [0.05, 0.1) is 0 Å². The molecule has 0 saturated heterocycles. The van der Waals surface area contributed by atoms with E-state index in [9.17, 15) is 0 Å². The third kappa shape index (κ3) is 7.11. The van der Waals surface area contributed by atoms with Crippen molar-refractivity contribution in [1.82, 2.24) is 9.97 Å². The van der Waals surface area contributed by atoms with Gasteiger partial charge in [0.2, 0.25) is 0 Å². The van der Waals surface area contributed by atoms with E-state index in [0.29, 0.717) is 6.61 Å². The Balaban J connectivity index is 2.13. The highest BCUT2D eigenvalue weighted by Gasteiger charge is 2.01. The third-order valence-corrected chi connectivity index (χ3v) is 3.03. The lowest BCUT2D eigenvalue weighted by atomic mass is 10.1. The van der Waals surface area contributed by atoms with E-state index >= 15 is 0 Å². The smallest absolute Gasteiger partial charge is 0.156 e. The lowest BCUT2D eigenvalue weighted by Gasteiger charge is -2.06. The van der Waals surface area contributed by atoms with Gasteiger partial charge in [0.25, 0.3) is 0 Å². The number of aromatic nitrogens is 2. The highest BCUT2D eigenvalue weighted by Crippen LogP contribution is 2.07. The molecule has 0 aliphatic rings. The molecule has 0 aliphatic heterocycles. The number of nitrogens with one attached hydrogen (secondary N) is 1. The van der Waals surface area contributed by atoms with Crippen LogP contribution in [0.5, 0.6) is 0 Å². The summed E-state index contributed by atoms with van der Waals surface area (Å²) in [5.74, 6) is 1.61. The molecule has 0 atom stereocenters. The minimum atomic E-state index is 0.505. The summed E-state index contributed by atoms with van der Waals surface area (Å²) in [5, 5.41) is 3.03. The van der Waals surface area contributed by atoms with Crippen LogP contribution in [-0.4, -0.2) is 23.6 Å². The second-order valence-corrected chi connectivity index (χ2v) is 4.88. The van der Waals surface area contributed by atoms with Gasteiger partial charge in [-0.15, -0.1) is 0 Å². The average Bonchev–Trinajstić information content (AvgIpc) is 2.41. The van der Waals surface area contributed by atoms with Gasteiger partial charge >= 0.3 is 0 Å². The van der Waals surface area contributed by atoms with Crippen molar-refractivity contribution in [2.24, 2.45) is 0 Å². The Morgan fingerprint density at radius 3 is 2.58 bits per heavy atom. The molecule has 0 unspecified atom stereocenters. The Morgan fingerprint density at radius 1 is 1.11 bits per heavy atom. The Labute approximate surface area is 117 Å². The van der Waals surface area contributed by atoms with E-state index in [2.05, 4.69) is 22.2 Å². The van der Waals surface area contributed by atoms with E-state index in [0.717, 1.165) is 30.4 Å². The maximum atomic E-state index is 5.63. The van der Waals surface area contributed by atoms with Crippen LogP contribution in [0.15, 0.2) is 6.07 Å². The number of anilines is 1. The summed E-state index contributed by atoms with van der Waals surface area (Å²) >= 11 is 0. The summed E-state index contributed by atoms with van der Waals surface area (Å²) in [6.07, 6.45) is 7.72. The molecule has 108 valence electrons. The monoisotopic (exact) mass is 265 g/mol. The fourth-order valence-corrected chi connectivity index (χ4v) is 1.97. The first-order chi connectivity index (χ1) is 9.26. The number of rotatable bonds is 10. The summed E-state index contributed by atoms with van der Waals surface area (Å²) in [5.41, 5.74) is 0.970. The molecule has 0 fully saturated rings. The molecule has 0 aromatic carbocycles. The van der Waals surface area contributed by atoms with E-state index in [1.807, 2.05) is 20.0 Å². The van der Waals surface area contributed by atoms with Gasteiger partial charge in [0, 0.05) is 25.4 Å². The Morgan fingerprint density at radius 2 is 1.84 bits per heavy atom. The Kier molecular flexibility index (Phi) is 8.14. The van der Waals surface area contributed by atoms with E-state index in [-0.39, 0.29) is 0 Å². The number of unbranched alkanes of at least 4 members (excludes halogenated alkanes) is 5. The molecule has 4 heteroatoms. The molecular formula is C15H27N3O. The van der Waals surface area contributed by atoms with Crippen LogP contribution in [0.1, 0.15) is 57.0 Å². The highest BCUT2D eigenvalue weighted by atomic mass is 16.5. The highest BCUT2D eigenvalue weighted by molar-refractivity contribution is 5.34. The van der Waals surface area contributed by atoms with Crippen molar-refractivity contribution in [2.75, 3.05) is 19.0 Å². The molecular weight excluding hydrogens is 238 g/mol. The normalized spacial score (nSPS) is 10.7. The van der Waals surface area contributed by atoms with E-state index < -0.39 is 0 Å². The third-order valence-electron chi connectivity index (χ3n) is 3.03. The van der Waals surface area contributed by atoms with Crippen molar-refractivity contribution in [3.05, 3.63) is 17.6 Å². The number of aryl methyl sites for hydroxylation is 1. The van der Waals surface area contributed by atoms with Gasteiger partial charge in [-0.05, 0) is 13.3 Å². The van der Waals surface area contributed by atoms with E-state index in [4.69, 9.17) is 4.74 Å². The van der Waals surface area contributed by atoms with Gasteiger partial charge in [-0.2, -0.15) is 0 Å². The SMILES string of the molecule is CCCCCCCCOCc1nc(C)cc(NC)n1. The maximum Gasteiger partial charge on any atom is 0.156 e. The van der Waals surface area contributed by atoms with E-state index in [1.54, 1.807) is 0 Å². The van der Waals surface area contributed by atoms with E-state index in [1.165, 1.54) is 32.1 Å². The summed E-state index contributed by atoms with van der Waals surface area (Å²) < 4.78 is 5.63. The Bertz CT molecular complexity index is 355. The summed E-state index contributed by atoms with van der Waals surface area (Å²) in [4.78, 5) is 8.73. The van der Waals surface area contributed by atoms with Crippen LogP contribution in [-0.2, 0) is 11.3 Å². The molecule has 1 aromatic heterocycles. The van der Waals surface area contributed by atoms with Crippen molar-refractivity contribution in [2.45, 2.75) is 59.0 Å². The minimum absolute atomic E-state index is 0.505. The Hall–Kier alpha value is -1.16. The van der Waals surface area contributed by atoms with Crippen LogP contribution in [0.4, 0.5) is 5.82 Å². The van der Waals surface area contributed by atoms with Crippen molar-refractivity contribution in [1.29, 1.82) is 0 Å². The van der Waals surface area contributed by atoms with Gasteiger partial charge in [0.1, 0.15) is 12.4 Å². The predicted octanol–water partition coefficient (Wildman–Crippen LogP) is 3.70. The molecule has 1 rings (SSSR count). The average molecular weight is 265 g/mol. The van der Waals surface area contributed by atoms with Crippen molar-refractivity contribution >= 4 is 5.82 Å². The maximum absolute atomic E-state index is 5.63. The number of ether oxygens (including phenoxy) is 1.